The van der Waals surface area contributed by atoms with Gasteiger partial charge in [-0.05, 0) is 30.3 Å². The van der Waals surface area contributed by atoms with E-state index in [1.165, 1.54) is 31.4 Å². The van der Waals surface area contributed by atoms with Crippen LogP contribution in [0.2, 0.25) is 0 Å². The first-order valence-corrected chi connectivity index (χ1v) is 9.17. The molecule has 1 heterocycles. The molecule has 4 amide bonds. The van der Waals surface area contributed by atoms with E-state index in [0.29, 0.717) is 22.8 Å². The monoisotopic (exact) mass is 475 g/mol. The topological polar surface area (TPSA) is 87.7 Å². The molecule has 1 atom stereocenters. The normalized spacial score (nSPS) is 16.9. The number of hydrogen-bond donors (Lipinski definition) is 2. The Kier molecular flexibility index (Phi) is 6.25. The molecule has 0 aromatic heterocycles. The highest BCUT2D eigenvalue weighted by Crippen LogP contribution is 2.37. The van der Waals surface area contributed by atoms with Crippen LogP contribution in [0.25, 0.3) is 0 Å². The molecule has 1 unspecified atom stereocenters. The van der Waals surface area contributed by atoms with Gasteiger partial charge in [-0.3, -0.25) is 9.59 Å². The first-order valence-electron chi connectivity index (χ1n) is 9.17. The lowest BCUT2D eigenvalue weighted by molar-refractivity contribution is -0.143. The van der Waals surface area contributed by atoms with Gasteiger partial charge in [0.25, 0.3) is 0 Å². The number of alkyl halides is 6. The maximum atomic E-state index is 13.0. The number of hydrogen-bond acceptors (Lipinski definition) is 4. The van der Waals surface area contributed by atoms with Crippen LogP contribution in [0.15, 0.2) is 42.5 Å². The van der Waals surface area contributed by atoms with Crippen molar-refractivity contribution in [3.05, 3.63) is 53.6 Å². The van der Waals surface area contributed by atoms with Crippen LogP contribution in [0.1, 0.15) is 11.1 Å². The van der Waals surface area contributed by atoms with Gasteiger partial charge in [0.05, 0.1) is 23.9 Å². The summed E-state index contributed by atoms with van der Waals surface area (Å²) < 4.78 is 83.2. The van der Waals surface area contributed by atoms with Crippen molar-refractivity contribution in [2.45, 2.75) is 12.4 Å². The Bertz CT molecular complexity index is 1070. The van der Waals surface area contributed by atoms with E-state index in [1.807, 2.05) is 5.32 Å². The summed E-state index contributed by atoms with van der Waals surface area (Å²) in [4.78, 5) is 38.3. The Morgan fingerprint density at radius 3 is 2.18 bits per heavy atom. The summed E-state index contributed by atoms with van der Waals surface area (Å²) in [5.74, 6) is -3.53. The van der Waals surface area contributed by atoms with Crippen LogP contribution in [-0.2, 0) is 21.9 Å². The maximum Gasteiger partial charge on any atom is 0.416 e. The molecule has 0 radical (unpaired) electrons. The van der Waals surface area contributed by atoms with Crippen molar-refractivity contribution < 1.29 is 45.5 Å². The Morgan fingerprint density at radius 2 is 1.64 bits per heavy atom. The third-order valence-electron chi connectivity index (χ3n) is 4.66. The minimum Gasteiger partial charge on any atom is -0.497 e. The summed E-state index contributed by atoms with van der Waals surface area (Å²) in [7, 11) is 1.34. The standard InChI is InChI=1S/C20H15F6N3O4/c1-33-14-4-2-3-13(8-14)29-17(31)15(9-27-18(29)32)16(30)28-12-6-10(19(21,22)23)5-11(7-12)20(24,25)26/h2-8,15H,9H2,1H3,(H,27,32)(H,28,30). The molecule has 176 valence electrons. The smallest absolute Gasteiger partial charge is 0.416 e. The molecule has 2 aromatic rings. The molecule has 2 aromatic carbocycles. The molecule has 33 heavy (non-hydrogen) atoms. The number of methoxy groups -OCH3 is 1. The number of anilines is 2. The van der Waals surface area contributed by atoms with Gasteiger partial charge >= 0.3 is 18.4 Å². The molecule has 0 saturated carbocycles. The van der Waals surface area contributed by atoms with Crippen molar-refractivity contribution in [2.75, 3.05) is 23.9 Å². The summed E-state index contributed by atoms with van der Waals surface area (Å²) in [5, 5.41) is 4.21. The highest BCUT2D eigenvalue weighted by atomic mass is 19.4. The Hall–Kier alpha value is -3.77. The number of carbonyl (C=O) groups is 3. The van der Waals surface area contributed by atoms with Gasteiger partial charge in [-0.2, -0.15) is 26.3 Å². The average molecular weight is 475 g/mol. The minimum atomic E-state index is -5.11. The summed E-state index contributed by atoms with van der Waals surface area (Å²) in [6.07, 6.45) is -10.2. The highest BCUT2D eigenvalue weighted by molar-refractivity contribution is 6.23. The van der Waals surface area contributed by atoms with Gasteiger partial charge in [0.1, 0.15) is 11.7 Å². The quantitative estimate of drug-likeness (QED) is 0.516. The third kappa shape index (κ3) is 5.18. The van der Waals surface area contributed by atoms with Gasteiger partial charge in [-0.1, -0.05) is 6.07 Å². The highest BCUT2D eigenvalue weighted by Gasteiger charge is 2.41. The SMILES string of the molecule is COc1cccc(N2C(=O)NCC(C(=O)Nc3cc(C(F)(F)F)cc(C(F)(F)F)c3)C2=O)c1. The number of urea groups is 1. The fraction of sp³-hybridized carbons (Fsp3) is 0.250. The lowest BCUT2D eigenvalue weighted by atomic mass is 10.0. The summed E-state index contributed by atoms with van der Waals surface area (Å²) in [6, 6.07) is 5.40. The molecule has 2 N–H and O–H groups in total. The zero-order valence-electron chi connectivity index (χ0n) is 16.7. The number of ether oxygens (including phenoxy) is 1. The molecule has 1 fully saturated rings. The van der Waals surface area contributed by atoms with Crippen molar-refractivity contribution in [3.63, 3.8) is 0 Å². The van der Waals surface area contributed by atoms with Crippen LogP contribution < -0.4 is 20.3 Å². The van der Waals surface area contributed by atoms with Crippen LogP contribution >= 0.6 is 0 Å². The van der Waals surface area contributed by atoms with Crippen molar-refractivity contribution >= 4 is 29.2 Å². The van der Waals surface area contributed by atoms with Crippen LogP contribution in [-0.4, -0.2) is 31.5 Å². The number of halogens is 6. The van der Waals surface area contributed by atoms with Gasteiger partial charge in [0.2, 0.25) is 11.8 Å². The lowest BCUT2D eigenvalue weighted by Crippen LogP contribution is -2.58. The van der Waals surface area contributed by atoms with Crippen LogP contribution in [0.5, 0.6) is 5.75 Å². The van der Waals surface area contributed by atoms with E-state index >= 15 is 0 Å². The second-order valence-electron chi connectivity index (χ2n) is 6.90. The number of rotatable bonds is 4. The second-order valence-corrected chi connectivity index (χ2v) is 6.90. The molecule has 0 aliphatic carbocycles. The molecule has 1 aliphatic rings. The Labute approximate surface area is 182 Å². The summed E-state index contributed by atoms with van der Waals surface area (Å²) in [6.45, 7) is -0.505. The van der Waals surface area contributed by atoms with Crippen LogP contribution in [0, 0.1) is 5.92 Å². The molecule has 0 bridgehead atoms. The zero-order valence-corrected chi connectivity index (χ0v) is 16.7. The van der Waals surface area contributed by atoms with E-state index in [0.717, 1.165) is 0 Å². The predicted octanol–water partition coefficient (Wildman–Crippen LogP) is 4.04. The number of amides is 4. The van der Waals surface area contributed by atoms with E-state index < -0.39 is 59.5 Å². The Morgan fingerprint density at radius 1 is 1.03 bits per heavy atom. The van der Waals surface area contributed by atoms with Gasteiger partial charge in [-0.25, -0.2) is 9.69 Å². The van der Waals surface area contributed by atoms with Gasteiger partial charge < -0.3 is 15.4 Å². The molecule has 3 rings (SSSR count). The number of carbonyl (C=O) groups excluding carboxylic acids is 3. The van der Waals surface area contributed by atoms with Crippen molar-refractivity contribution in [1.29, 1.82) is 0 Å². The third-order valence-corrected chi connectivity index (χ3v) is 4.66. The maximum absolute atomic E-state index is 13.0. The fourth-order valence-electron chi connectivity index (χ4n) is 3.07. The van der Waals surface area contributed by atoms with Gasteiger partial charge in [0.15, 0.2) is 0 Å². The molecule has 1 aliphatic heterocycles. The van der Waals surface area contributed by atoms with E-state index in [9.17, 15) is 40.7 Å². The largest absolute Gasteiger partial charge is 0.497 e. The average Bonchev–Trinajstić information content (AvgIpc) is 2.72. The van der Waals surface area contributed by atoms with Gasteiger partial charge in [0, 0.05) is 18.3 Å². The molecule has 13 heteroatoms. The summed E-state index contributed by atoms with van der Waals surface area (Å²) in [5.41, 5.74) is -4.02. The fourth-order valence-corrected chi connectivity index (χ4v) is 3.07. The number of benzene rings is 2. The molecule has 0 spiro atoms. The summed E-state index contributed by atoms with van der Waals surface area (Å²) >= 11 is 0. The molecular weight excluding hydrogens is 460 g/mol. The molecular formula is C20H15F6N3O4. The number of nitrogens with one attached hydrogen (secondary N) is 2. The van der Waals surface area contributed by atoms with E-state index in [-0.39, 0.29) is 11.8 Å². The first-order chi connectivity index (χ1) is 15.3. The van der Waals surface area contributed by atoms with Crippen molar-refractivity contribution in [3.8, 4) is 5.75 Å². The van der Waals surface area contributed by atoms with E-state index in [2.05, 4.69) is 5.32 Å². The van der Waals surface area contributed by atoms with E-state index in [4.69, 9.17) is 4.74 Å². The van der Waals surface area contributed by atoms with Crippen molar-refractivity contribution in [1.82, 2.24) is 5.32 Å². The second kappa shape index (κ2) is 8.64. The molecule has 7 nitrogen and oxygen atoms in total. The lowest BCUT2D eigenvalue weighted by Gasteiger charge is -2.30. The predicted molar refractivity (Wildman–Crippen MR) is 102 cm³/mol. The number of imide groups is 1. The van der Waals surface area contributed by atoms with Crippen LogP contribution in [0.3, 0.4) is 0 Å². The van der Waals surface area contributed by atoms with Gasteiger partial charge in [-0.15, -0.1) is 0 Å². The van der Waals surface area contributed by atoms with E-state index in [1.54, 1.807) is 0 Å². The molecule has 1 saturated heterocycles. The number of nitrogens with zero attached hydrogens (tertiary/aromatic N) is 1. The minimum absolute atomic E-state index is 0.0489. The van der Waals surface area contributed by atoms with Crippen LogP contribution in [0.4, 0.5) is 42.5 Å². The zero-order chi connectivity index (χ0) is 24.6. The van der Waals surface area contributed by atoms with Crippen molar-refractivity contribution in [2.24, 2.45) is 5.92 Å². The first kappa shape index (κ1) is 23.9. The Balaban J connectivity index is 1.89.